The molecule has 1 aliphatic rings. The monoisotopic (exact) mass is 372 g/mol. The molecule has 0 atom stereocenters. The number of carbonyl (C=O) groups is 4. The molecule has 0 aromatic heterocycles. The van der Waals surface area contributed by atoms with Gasteiger partial charge in [0, 0.05) is 10.8 Å². The quantitative estimate of drug-likeness (QED) is 0.468. The Morgan fingerprint density at radius 1 is 0.500 bits per heavy atom. The number of carbonyl (C=O) groups excluding carboxylic acids is 4. The van der Waals surface area contributed by atoms with Gasteiger partial charge in [-0.2, -0.15) is 0 Å². The van der Waals surface area contributed by atoms with Gasteiger partial charge in [0.2, 0.25) is 0 Å². The molecule has 1 heterocycles. The third kappa shape index (κ3) is 9.39. The largest absolute Gasteiger partial charge is 0.465 e. The Hall–Kier alpha value is -2.12. The minimum atomic E-state index is -0.582. The third-order valence-electron chi connectivity index (χ3n) is 3.56. The Morgan fingerprint density at radius 3 is 0.885 bits per heavy atom. The molecule has 1 fully saturated rings. The van der Waals surface area contributed by atoms with Gasteiger partial charge >= 0.3 is 23.9 Å². The second-order valence-electron chi connectivity index (χ2n) is 7.97. The van der Waals surface area contributed by atoms with Gasteiger partial charge in [0.1, 0.15) is 0 Å². The molecule has 0 unspecified atom stereocenters. The maximum atomic E-state index is 11.7. The fourth-order valence-electron chi connectivity index (χ4n) is 1.88. The van der Waals surface area contributed by atoms with Crippen molar-refractivity contribution in [2.75, 3.05) is 26.4 Å². The molecule has 8 nitrogen and oxygen atoms in total. The zero-order chi connectivity index (χ0) is 19.8. The highest BCUT2D eigenvalue weighted by Crippen LogP contribution is 2.19. The van der Waals surface area contributed by atoms with E-state index in [-0.39, 0.29) is 52.1 Å². The molecule has 0 bridgehead atoms. The smallest absolute Gasteiger partial charge is 0.306 e. The van der Waals surface area contributed by atoms with Crippen molar-refractivity contribution < 1.29 is 38.1 Å². The van der Waals surface area contributed by atoms with Gasteiger partial charge in [0.25, 0.3) is 0 Å². The molecule has 0 saturated carbocycles. The van der Waals surface area contributed by atoms with Crippen LogP contribution in [0.25, 0.3) is 0 Å². The van der Waals surface area contributed by atoms with Crippen LogP contribution >= 0.6 is 0 Å². The summed E-state index contributed by atoms with van der Waals surface area (Å²) < 4.78 is 20.5. The Labute approximate surface area is 153 Å². The summed E-state index contributed by atoms with van der Waals surface area (Å²) in [5, 5.41) is 0. The van der Waals surface area contributed by atoms with Gasteiger partial charge < -0.3 is 18.9 Å². The number of cyclic esters (lactones) is 4. The minimum absolute atomic E-state index is 0.0449. The Balaban J connectivity index is 2.69. The van der Waals surface area contributed by atoms with Gasteiger partial charge in [-0.25, -0.2) is 0 Å². The van der Waals surface area contributed by atoms with Crippen molar-refractivity contribution in [2.45, 2.75) is 53.4 Å². The molecule has 0 aromatic carbocycles. The predicted octanol–water partition coefficient (Wildman–Crippen LogP) is 1.79. The van der Waals surface area contributed by atoms with Crippen LogP contribution in [-0.4, -0.2) is 50.3 Å². The highest BCUT2D eigenvalue weighted by Gasteiger charge is 2.26. The maximum absolute atomic E-state index is 11.7. The second kappa shape index (κ2) is 9.54. The van der Waals surface area contributed by atoms with Crippen LogP contribution in [-0.2, 0) is 38.1 Å². The predicted molar refractivity (Wildman–Crippen MR) is 89.9 cm³/mol. The van der Waals surface area contributed by atoms with E-state index in [1.54, 1.807) is 27.7 Å². The van der Waals surface area contributed by atoms with Gasteiger partial charge in [-0.1, -0.05) is 27.7 Å². The van der Waals surface area contributed by atoms with E-state index >= 15 is 0 Å². The molecule has 0 aromatic rings. The Bertz CT molecular complexity index is 443. The van der Waals surface area contributed by atoms with Crippen LogP contribution in [0, 0.1) is 10.8 Å². The van der Waals surface area contributed by atoms with Gasteiger partial charge in [-0.3, -0.25) is 19.2 Å². The summed E-state index contributed by atoms with van der Waals surface area (Å²) in [4.78, 5) is 47.0. The summed E-state index contributed by atoms with van der Waals surface area (Å²) in [6, 6.07) is 0. The lowest BCUT2D eigenvalue weighted by Crippen LogP contribution is -2.30. The van der Waals surface area contributed by atoms with Crippen molar-refractivity contribution in [3.8, 4) is 0 Å². The number of hydrogen-bond acceptors (Lipinski definition) is 8. The first-order chi connectivity index (χ1) is 12.0. The number of rotatable bonds is 0. The molecule has 1 rings (SSSR count). The summed E-state index contributed by atoms with van der Waals surface area (Å²) in [7, 11) is 0. The highest BCUT2D eigenvalue weighted by atomic mass is 16.6. The van der Waals surface area contributed by atoms with E-state index in [4.69, 9.17) is 18.9 Å². The fraction of sp³-hybridized carbons (Fsp3) is 0.778. The van der Waals surface area contributed by atoms with E-state index < -0.39 is 34.7 Å². The first-order valence-corrected chi connectivity index (χ1v) is 8.62. The summed E-state index contributed by atoms with van der Waals surface area (Å²) in [6.07, 6.45) is -0.373. The average Bonchev–Trinajstić information content (AvgIpc) is 2.57. The molecule has 148 valence electrons. The van der Waals surface area contributed by atoms with E-state index in [1.165, 1.54) is 0 Å². The van der Waals surface area contributed by atoms with Crippen LogP contribution in [0.1, 0.15) is 53.4 Å². The SMILES string of the molecule is CC1(C)COC(=O)CCC(=O)OCC(C)(C)COC(=O)CCC(=O)OC1. The standard InChI is InChI=1S/C18H28O8/c1-17(2)9-23-13(19)5-7-15(21)25-11-18(3,4)12-26-16(22)8-6-14(20)24-10-17/h5-12H2,1-4H3. The lowest BCUT2D eigenvalue weighted by atomic mass is 9.96. The number of esters is 4. The Kier molecular flexibility index (Phi) is 8.05. The molecule has 0 amide bonds. The molecule has 0 aliphatic carbocycles. The van der Waals surface area contributed by atoms with Crippen LogP contribution in [0.3, 0.4) is 0 Å². The normalized spacial score (nSPS) is 23.5. The van der Waals surface area contributed by atoms with Crippen molar-refractivity contribution in [3.63, 3.8) is 0 Å². The lowest BCUT2D eigenvalue weighted by Gasteiger charge is -2.25. The van der Waals surface area contributed by atoms with Crippen molar-refractivity contribution >= 4 is 23.9 Å². The van der Waals surface area contributed by atoms with Crippen LogP contribution in [0.2, 0.25) is 0 Å². The zero-order valence-corrected chi connectivity index (χ0v) is 15.9. The van der Waals surface area contributed by atoms with Crippen molar-refractivity contribution in [3.05, 3.63) is 0 Å². The second-order valence-corrected chi connectivity index (χ2v) is 7.97. The van der Waals surface area contributed by atoms with E-state index in [2.05, 4.69) is 0 Å². The molecule has 26 heavy (non-hydrogen) atoms. The Morgan fingerprint density at radius 2 is 0.692 bits per heavy atom. The summed E-state index contributed by atoms with van der Waals surface area (Å²) in [5.74, 6) is -2.07. The number of ether oxygens (including phenoxy) is 4. The van der Waals surface area contributed by atoms with E-state index in [9.17, 15) is 19.2 Å². The summed E-state index contributed by atoms with van der Waals surface area (Å²) >= 11 is 0. The topological polar surface area (TPSA) is 105 Å². The molecular formula is C18H28O8. The van der Waals surface area contributed by atoms with Gasteiger partial charge in [-0.05, 0) is 0 Å². The fourth-order valence-corrected chi connectivity index (χ4v) is 1.88. The van der Waals surface area contributed by atoms with Crippen molar-refractivity contribution in [2.24, 2.45) is 10.8 Å². The van der Waals surface area contributed by atoms with Gasteiger partial charge in [0.05, 0.1) is 52.1 Å². The first kappa shape index (κ1) is 21.9. The van der Waals surface area contributed by atoms with Crippen LogP contribution in [0.15, 0.2) is 0 Å². The van der Waals surface area contributed by atoms with E-state index in [0.29, 0.717) is 0 Å². The zero-order valence-electron chi connectivity index (χ0n) is 15.9. The van der Waals surface area contributed by atoms with E-state index in [0.717, 1.165) is 0 Å². The molecule has 0 radical (unpaired) electrons. The van der Waals surface area contributed by atoms with Crippen molar-refractivity contribution in [1.29, 1.82) is 0 Å². The molecule has 0 N–H and O–H groups in total. The van der Waals surface area contributed by atoms with Gasteiger partial charge in [-0.15, -0.1) is 0 Å². The molecule has 1 aliphatic heterocycles. The van der Waals surface area contributed by atoms with Crippen molar-refractivity contribution in [1.82, 2.24) is 0 Å². The number of hydrogen-bond donors (Lipinski definition) is 0. The lowest BCUT2D eigenvalue weighted by molar-refractivity contribution is -0.160. The highest BCUT2D eigenvalue weighted by molar-refractivity contribution is 5.78. The minimum Gasteiger partial charge on any atom is -0.465 e. The molecule has 1 saturated heterocycles. The third-order valence-corrected chi connectivity index (χ3v) is 3.56. The van der Waals surface area contributed by atoms with Gasteiger partial charge in [0.15, 0.2) is 0 Å². The summed E-state index contributed by atoms with van der Waals surface area (Å²) in [6.45, 7) is 7.28. The van der Waals surface area contributed by atoms with Crippen LogP contribution < -0.4 is 0 Å². The maximum Gasteiger partial charge on any atom is 0.306 e. The van der Waals surface area contributed by atoms with E-state index in [1.807, 2.05) is 0 Å². The van der Waals surface area contributed by atoms with Crippen LogP contribution in [0.4, 0.5) is 0 Å². The molecule has 8 heteroatoms. The average molecular weight is 372 g/mol. The molecular weight excluding hydrogens is 344 g/mol. The molecule has 0 spiro atoms. The first-order valence-electron chi connectivity index (χ1n) is 8.62. The van der Waals surface area contributed by atoms with Crippen LogP contribution in [0.5, 0.6) is 0 Å². The summed E-state index contributed by atoms with van der Waals surface area (Å²) in [5.41, 5.74) is -1.16.